The molecule has 0 aliphatic heterocycles. The number of halogens is 1. The van der Waals surface area contributed by atoms with Crippen LogP contribution in [0.5, 0.6) is 5.75 Å². The molecule has 33 heavy (non-hydrogen) atoms. The molecule has 0 spiro atoms. The second kappa shape index (κ2) is 8.30. The van der Waals surface area contributed by atoms with E-state index >= 15 is 0 Å². The number of sulfone groups is 1. The largest absolute Gasteiger partial charge is 0.497 e. The van der Waals surface area contributed by atoms with Crippen molar-refractivity contribution >= 4 is 59.1 Å². The Labute approximate surface area is 198 Å². The van der Waals surface area contributed by atoms with E-state index in [4.69, 9.17) is 25.7 Å². The maximum Gasteiger partial charge on any atom is 0.210 e. The molecule has 9 heteroatoms. The van der Waals surface area contributed by atoms with Crippen molar-refractivity contribution in [1.82, 2.24) is 4.98 Å². The van der Waals surface area contributed by atoms with Crippen LogP contribution in [-0.4, -0.2) is 26.8 Å². The van der Waals surface area contributed by atoms with Crippen LogP contribution in [0.4, 0.5) is 5.13 Å². The molecule has 0 atom stereocenters. The lowest BCUT2D eigenvalue weighted by Crippen LogP contribution is -2.03. The van der Waals surface area contributed by atoms with E-state index in [2.05, 4.69) is 4.98 Å². The average molecular weight is 497 g/mol. The van der Waals surface area contributed by atoms with Crippen LogP contribution in [0.15, 0.2) is 81.0 Å². The lowest BCUT2D eigenvalue weighted by Gasteiger charge is -2.06. The van der Waals surface area contributed by atoms with Crippen LogP contribution < -0.4 is 10.1 Å². The van der Waals surface area contributed by atoms with Gasteiger partial charge < -0.3 is 9.15 Å². The molecule has 0 saturated heterocycles. The molecule has 0 amide bonds. The molecule has 0 N–H and O–H groups in total. The van der Waals surface area contributed by atoms with E-state index < -0.39 is 9.84 Å². The van der Waals surface area contributed by atoms with Gasteiger partial charge in [0, 0.05) is 28.3 Å². The lowest BCUT2D eigenvalue weighted by molar-refractivity contribution is 0.415. The molecule has 5 rings (SSSR count). The van der Waals surface area contributed by atoms with Crippen LogP contribution in [0.2, 0.25) is 5.02 Å². The quantitative estimate of drug-likeness (QED) is 0.304. The zero-order valence-electron chi connectivity index (χ0n) is 17.6. The van der Waals surface area contributed by atoms with Crippen LogP contribution in [0.3, 0.4) is 0 Å². The standard InChI is InChI=1S/C24H17ClN2O4S2/c1-30-16-6-3-14(4-7-16)22-13-20(18-11-15(25)5-10-21(18)31-22)27-24-26-19-9-8-17(33(2,28)29)12-23(19)32-24/h3-13H,1-2H3. The number of methoxy groups -OCH3 is 1. The maximum absolute atomic E-state index is 11.9. The predicted octanol–water partition coefficient (Wildman–Crippen LogP) is 6.01. The SMILES string of the molecule is COc1ccc(-c2cc(=Nc3nc4ccc(S(C)(=O)=O)cc4s3)c3cc(Cl)ccc3o2)cc1. The van der Waals surface area contributed by atoms with Gasteiger partial charge in [-0.2, -0.15) is 0 Å². The Bertz CT molecular complexity index is 1690. The summed E-state index contributed by atoms with van der Waals surface area (Å²) < 4.78 is 35.9. The fourth-order valence-corrected chi connectivity index (χ4v) is 5.19. The van der Waals surface area contributed by atoms with E-state index in [1.54, 1.807) is 43.5 Å². The Morgan fingerprint density at radius 1 is 1.03 bits per heavy atom. The number of hydrogen-bond acceptors (Lipinski definition) is 7. The van der Waals surface area contributed by atoms with E-state index in [-0.39, 0.29) is 4.90 Å². The highest BCUT2D eigenvalue weighted by Gasteiger charge is 2.12. The Hall–Kier alpha value is -3.20. The number of ether oxygens (including phenoxy) is 1. The van der Waals surface area contributed by atoms with Crippen molar-refractivity contribution in [1.29, 1.82) is 0 Å². The Morgan fingerprint density at radius 2 is 1.82 bits per heavy atom. The molecule has 0 saturated carbocycles. The number of nitrogens with zero attached hydrogens (tertiary/aromatic N) is 2. The molecule has 0 unspecified atom stereocenters. The maximum atomic E-state index is 11.9. The second-order valence-electron chi connectivity index (χ2n) is 7.37. The van der Waals surface area contributed by atoms with Gasteiger partial charge in [0.05, 0.1) is 27.6 Å². The van der Waals surface area contributed by atoms with Crippen molar-refractivity contribution in [2.24, 2.45) is 4.99 Å². The van der Waals surface area contributed by atoms with Crippen molar-refractivity contribution in [2.75, 3.05) is 13.4 Å². The summed E-state index contributed by atoms with van der Waals surface area (Å²) in [6.45, 7) is 0. The van der Waals surface area contributed by atoms with E-state index in [0.717, 1.165) is 21.4 Å². The van der Waals surface area contributed by atoms with E-state index in [1.165, 1.54) is 17.6 Å². The molecular weight excluding hydrogens is 480 g/mol. The molecular formula is C24H17ClN2O4S2. The molecule has 3 aromatic carbocycles. The van der Waals surface area contributed by atoms with Gasteiger partial charge in [0.25, 0.3) is 0 Å². The van der Waals surface area contributed by atoms with Crippen LogP contribution >= 0.6 is 22.9 Å². The highest BCUT2D eigenvalue weighted by Crippen LogP contribution is 2.31. The van der Waals surface area contributed by atoms with Crippen molar-refractivity contribution in [3.63, 3.8) is 0 Å². The molecule has 2 heterocycles. The number of thiazole rings is 1. The third-order valence-electron chi connectivity index (χ3n) is 5.07. The molecule has 0 aliphatic rings. The molecule has 166 valence electrons. The minimum atomic E-state index is -3.31. The summed E-state index contributed by atoms with van der Waals surface area (Å²) in [4.78, 5) is 9.59. The van der Waals surface area contributed by atoms with Crippen LogP contribution in [0, 0.1) is 0 Å². The average Bonchev–Trinajstić information content (AvgIpc) is 3.20. The van der Waals surface area contributed by atoms with Gasteiger partial charge in [0.1, 0.15) is 17.1 Å². The summed E-state index contributed by atoms with van der Waals surface area (Å²) in [5, 5.41) is 2.46. The van der Waals surface area contributed by atoms with Crippen molar-refractivity contribution in [3.05, 3.63) is 77.1 Å². The molecule has 0 fully saturated rings. The van der Waals surface area contributed by atoms with Gasteiger partial charge in [-0.25, -0.2) is 18.4 Å². The first-order valence-corrected chi connectivity index (χ1v) is 12.9. The van der Waals surface area contributed by atoms with Crippen LogP contribution in [0.25, 0.3) is 32.5 Å². The summed E-state index contributed by atoms with van der Waals surface area (Å²) in [7, 11) is -1.69. The first-order valence-electron chi connectivity index (χ1n) is 9.83. The van der Waals surface area contributed by atoms with Gasteiger partial charge in [0.2, 0.25) is 5.13 Å². The number of rotatable bonds is 4. The normalized spacial score (nSPS) is 12.5. The summed E-state index contributed by atoms with van der Waals surface area (Å²) in [6.07, 6.45) is 1.19. The van der Waals surface area contributed by atoms with E-state index in [1.807, 2.05) is 30.3 Å². The van der Waals surface area contributed by atoms with E-state index in [9.17, 15) is 8.42 Å². The molecule has 0 radical (unpaired) electrons. The molecule has 2 aromatic heterocycles. The third kappa shape index (κ3) is 4.37. The predicted molar refractivity (Wildman–Crippen MR) is 131 cm³/mol. The Morgan fingerprint density at radius 3 is 2.55 bits per heavy atom. The first-order chi connectivity index (χ1) is 15.8. The molecule has 5 aromatic rings. The Kier molecular flexibility index (Phi) is 5.44. The molecule has 0 bridgehead atoms. The van der Waals surface area contributed by atoms with Gasteiger partial charge in [-0.3, -0.25) is 0 Å². The molecule has 0 aliphatic carbocycles. The highest BCUT2D eigenvalue weighted by molar-refractivity contribution is 7.90. The van der Waals surface area contributed by atoms with Gasteiger partial charge in [-0.15, -0.1) is 0 Å². The fourth-order valence-electron chi connectivity index (χ4n) is 3.41. The zero-order valence-corrected chi connectivity index (χ0v) is 20.0. The summed E-state index contributed by atoms with van der Waals surface area (Å²) in [6, 6.07) is 19.6. The minimum Gasteiger partial charge on any atom is -0.497 e. The number of hydrogen-bond donors (Lipinski definition) is 0. The second-order valence-corrected chi connectivity index (χ2v) is 10.8. The van der Waals surface area contributed by atoms with Crippen molar-refractivity contribution in [3.8, 4) is 17.1 Å². The first kappa shape index (κ1) is 21.6. The number of benzene rings is 3. The van der Waals surface area contributed by atoms with Gasteiger partial charge in [-0.05, 0) is 60.7 Å². The smallest absolute Gasteiger partial charge is 0.210 e. The summed E-state index contributed by atoms with van der Waals surface area (Å²) in [5.41, 5.74) is 2.18. The number of aromatic nitrogens is 1. The van der Waals surface area contributed by atoms with E-state index in [0.29, 0.717) is 32.4 Å². The minimum absolute atomic E-state index is 0.253. The lowest BCUT2D eigenvalue weighted by atomic mass is 10.1. The fraction of sp³-hybridized carbons (Fsp3) is 0.0833. The van der Waals surface area contributed by atoms with Crippen molar-refractivity contribution < 1.29 is 17.6 Å². The van der Waals surface area contributed by atoms with Crippen LogP contribution in [0.1, 0.15) is 0 Å². The highest BCUT2D eigenvalue weighted by atomic mass is 35.5. The van der Waals surface area contributed by atoms with Gasteiger partial charge in [-0.1, -0.05) is 22.9 Å². The van der Waals surface area contributed by atoms with Gasteiger partial charge in [0.15, 0.2) is 9.84 Å². The van der Waals surface area contributed by atoms with Gasteiger partial charge >= 0.3 is 0 Å². The topological polar surface area (TPSA) is 81.8 Å². The zero-order chi connectivity index (χ0) is 23.2. The third-order valence-corrected chi connectivity index (χ3v) is 7.33. The summed E-state index contributed by atoms with van der Waals surface area (Å²) in [5.74, 6) is 1.38. The van der Waals surface area contributed by atoms with Crippen LogP contribution in [-0.2, 0) is 9.84 Å². The number of fused-ring (bicyclic) bond motifs is 2. The summed E-state index contributed by atoms with van der Waals surface area (Å²) >= 11 is 7.56. The molecule has 6 nitrogen and oxygen atoms in total. The Balaban J connectivity index is 1.71. The van der Waals surface area contributed by atoms with Crippen molar-refractivity contribution in [2.45, 2.75) is 4.90 Å². The monoisotopic (exact) mass is 496 g/mol.